The fourth-order valence-electron chi connectivity index (χ4n) is 2.06. The zero-order valence-electron chi connectivity index (χ0n) is 15.8. The number of nitrogens with one attached hydrogen (secondary N) is 3. The van der Waals surface area contributed by atoms with Crippen LogP contribution in [0.3, 0.4) is 0 Å². The zero-order chi connectivity index (χ0) is 21.3. The number of amides is 3. The van der Waals surface area contributed by atoms with Crippen LogP contribution < -0.4 is 21.7 Å². The van der Waals surface area contributed by atoms with E-state index in [1.807, 2.05) is 13.8 Å². The summed E-state index contributed by atoms with van der Waals surface area (Å²) in [5.74, 6) is -4.82. The lowest BCUT2D eigenvalue weighted by molar-refractivity contribution is -0.143. The van der Waals surface area contributed by atoms with Crippen molar-refractivity contribution in [1.82, 2.24) is 16.0 Å². The number of hydrogen-bond acceptors (Lipinski definition) is 6. The monoisotopic (exact) mass is 388 g/mol. The molecule has 0 aliphatic heterocycles. The Labute approximate surface area is 157 Å². The Hall–Kier alpha value is -2.69. The summed E-state index contributed by atoms with van der Waals surface area (Å²) in [5.41, 5.74) is 5.72. The summed E-state index contributed by atoms with van der Waals surface area (Å²) in [7, 11) is 0. The molecule has 0 rings (SSSR count). The Bertz CT molecular complexity index is 579. The van der Waals surface area contributed by atoms with E-state index in [4.69, 9.17) is 15.9 Å². The van der Waals surface area contributed by atoms with Crippen LogP contribution in [0.15, 0.2) is 0 Å². The molecule has 0 aliphatic carbocycles. The third kappa shape index (κ3) is 9.54. The van der Waals surface area contributed by atoms with Crippen LogP contribution in [0.4, 0.5) is 0 Å². The quantitative estimate of drug-likeness (QED) is 0.244. The lowest BCUT2D eigenvalue weighted by Gasteiger charge is -2.22. The molecule has 4 unspecified atom stereocenters. The number of rotatable bonds is 11. The van der Waals surface area contributed by atoms with Gasteiger partial charge < -0.3 is 31.9 Å². The van der Waals surface area contributed by atoms with Gasteiger partial charge in [0.25, 0.3) is 0 Å². The molecule has 154 valence electrons. The van der Waals surface area contributed by atoms with Gasteiger partial charge in [0.2, 0.25) is 17.7 Å². The number of nitrogens with two attached hydrogens (primary N) is 1. The Balaban J connectivity index is 4.92. The van der Waals surface area contributed by atoms with E-state index < -0.39 is 60.2 Å². The van der Waals surface area contributed by atoms with Crippen LogP contribution in [0.1, 0.15) is 40.5 Å². The van der Waals surface area contributed by atoms with Crippen LogP contribution in [0, 0.1) is 5.92 Å². The average Bonchev–Trinajstić information content (AvgIpc) is 2.52. The first-order valence-corrected chi connectivity index (χ1v) is 8.46. The van der Waals surface area contributed by atoms with Crippen LogP contribution in [0.5, 0.6) is 0 Å². The van der Waals surface area contributed by atoms with Gasteiger partial charge in [-0.1, -0.05) is 13.8 Å². The van der Waals surface area contributed by atoms with Crippen molar-refractivity contribution in [3.63, 3.8) is 0 Å². The van der Waals surface area contributed by atoms with Gasteiger partial charge in [-0.25, -0.2) is 0 Å². The van der Waals surface area contributed by atoms with Crippen molar-refractivity contribution in [1.29, 1.82) is 0 Å². The summed E-state index contributed by atoms with van der Waals surface area (Å²) in [6, 6.07) is -4.65. The van der Waals surface area contributed by atoms with E-state index in [1.54, 1.807) is 0 Å². The van der Waals surface area contributed by atoms with Gasteiger partial charge in [-0.15, -0.1) is 0 Å². The second kappa shape index (κ2) is 11.1. The predicted molar refractivity (Wildman–Crippen MR) is 94.5 cm³/mol. The summed E-state index contributed by atoms with van der Waals surface area (Å²) in [4.78, 5) is 57.9. The molecule has 0 saturated carbocycles. The number of aliphatic carboxylic acids is 2. The van der Waals surface area contributed by atoms with E-state index in [-0.39, 0.29) is 5.92 Å². The molecule has 0 spiro atoms. The van der Waals surface area contributed by atoms with Crippen LogP contribution in [-0.4, -0.2) is 64.0 Å². The highest BCUT2D eigenvalue weighted by Gasteiger charge is 2.29. The summed E-state index contributed by atoms with van der Waals surface area (Å²) in [6.45, 7) is 6.32. The van der Waals surface area contributed by atoms with Gasteiger partial charge in [-0.2, -0.15) is 0 Å². The average molecular weight is 388 g/mol. The van der Waals surface area contributed by atoms with E-state index >= 15 is 0 Å². The number of carboxylic acids is 2. The van der Waals surface area contributed by atoms with Crippen LogP contribution >= 0.6 is 0 Å². The topological polar surface area (TPSA) is 188 Å². The van der Waals surface area contributed by atoms with Gasteiger partial charge in [0.15, 0.2) is 0 Å². The maximum atomic E-state index is 12.2. The molecular weight excluding hydrogens is 360 g/mol. The molecule has 0 aromatic carbocycles. The maximum absolute atomic E-state index is 12.2. The lowest BCUT2D eigenvalue weighted by atomic mass is 10.0. The highest BCUT2D eigenvalue weighted by Crippen LogP contribution is 2.03. The van der Waals surface area contributed by atoms with Gasteiger partial charge in [-0.05, 0) is 26.2 Å². The number of carbonyl (C=O) groups excluding carboxylic acids is 3. The molecule has 11 nitrogen and oxygen atoms in total. The SMILES string of the molecule is CC(C)CC(N)C(=O)NC(C)C(=O)NC(CC(=O)O)C(=O)NC(C)C(=O)O. The molecule has 3 amide bonds. The van der Waals surface area contributed by atoms with Crippen molar-refractivity contribution in [2.75, 3.05) is 0 Å². The molecule has 0 aromatic rings. The smallest absolute Gasteiger partial charge is 0.325 e. The highest BCUT2D eigenvalue weighted by atomic mass is 16.4. The standard InChI is InChI=1S/C16H28N4O7/c1-7(2)5-10(17)14(24)18-8(3)13(23)20-11(6-12(21)22)15(25)19-9(4)16(26)27/h7-11H,5-6,17H2,1-4H3,(H,18,24)(H,19,25)(H,20,23)(H,21,22)(H,26,27). The Morgan fingerprint density at radius 2 is 1.33 bits per heavy atom. The molecule has 11 heteroatoms. The molecule has 0 aliphatic rings. The minimum absolute atomic E-state index is 0.176. The number of carboxylic acid groups (broad SMARTS) is 2. The van der Waals surface area contributed by atoms with Crippen molar-refractivity contribution >= 4 is 29.7 Å². The van der Waals surface area contributed by atoms with Crippen molar-refractivity contribution in [3.8, 4) is 0 Å². The molecular formula is C16H28N4O7. The normalized spacial score (nSPS) is 15.2. The molecule has 0 fully saturated rings. The van der Waals surface area contributed by atoms with Gasteiger partial charge in [0.05, 0.1) is 12.5 Å². The van der Waals surface area contributed by atoms with Gasteiger partial charge in [0.1, 0.15) is 18.1 Å². The summed E-state index contributed by atoms with van der Waals surface area (Å²) >= 11 is 0. The molecule has 0 aromatic heterocycles. The van der Waals surface area contributed by atoms with Crippen molar-refractivity contribution in [3.05, 3.63) is 0 Å². The van der Waals surface area contributed by atoms with Crippen LogP contribution in [-0.2, 0) is 24.0 Å². The first-order valence-electron chi connectivity index (χ1n) is 8.46. The molecule has 4 atom stereocenters. The van der Waals surface area contributed by atoms with Gasteiger partial charge in [-0.3, -0.25) is 24.0 Å². The van der Waals surface area contributed by atoms with E-state index in [9.17, 15) is 24.0 Å². The molecule has 0 bridgehead atoms. The van der Waals surface area contributed by atoms with Gasteiger partial charge in [0, 0.05) is 0 Å². The second-order valence-corrected chi connectivity index (χ2v) is 6.69. The Kier molecular flexibility index (Phi) is 10.0. The minimum Gasteiger partial charge on any atom is -0.481 e. The largest absolute Gasteiger partial charge is 0.481 e. The van der Waals surface area contributed by atoms with E-state index in [1.165, 1.54) is 13.8 Å². The van der Waals surface area contributed by atoms with Gasteiger partial charge >= 0.3 is 11.9 Å². The predicted octanol–water partition coefficient (Wildman–Crippen LogP) is -1.59. The third-order valence-corrected chi connectivity index (χ3v) is 3.56. The van der Waals surface area contributed by atoms with Crippen molar-refractivity contribution < 1.29 is 34.2 Å². The summed E-state index contributed by atoms with van der Waals surface area (Å²) in [6.07, 6.45) is -0.339. The first-order chi connectivity index (χ1) is 12.3. The molecule has 0 saturated heterocycles. The summed E-state index contributed by atoms with van der Waals surface area (Å²) < 4.78 is 0. The van der Waals surface area contributed by atoms with E-state index in [0.717, 1.165) is 0 Å². The fourth-order valence-corrected chi connectivity index (χ4v) is 2.06. The summed E-state index contributed by atoms with van der Waals surface area (Å²) in [5, 5.41) is 24.4. The Morgan fingerprint density at radius 3 is 1.78 bits per heavy atom. The highest BCUT2D eigenvalue weighted by molar-refractivity contribution is 5.95. The number of carbonyl (C=O) groups is 5. The maximum Gasteiger partial charge on any atom is 0.325 e. The van der Waals surface area contributed by atoms with Crippen LogP contribution in [0.25, 0.3) is 0 Å². The second-order valence-electron chi connectivity index (χ2n) is 6.69. The van der Waals surface area contributed by atoms with Crippen molar-refractivity contribution in [2.24, 2.45) is 11.7 Å². The molecule has 0 heterocycles. The molecule has 7 N–H and O–H groups in total. The molecule has 0 radical (unpaired) electrons. The fraction of sp³-hybridized carbons (Fsp3) is 0.688. The van der Waals surface area contributed by atoms with E-state index in [2.05, 4.69) is 16.0 Å². The lowest BCUT2D eigenvalue weighted by Crippen LogP contribution is -2.56. The zero-order valence-corrected chi connectivity index (χ0v) is 15.8. The number of hydrogen-bond donors (Lipinski definition) is 6. The van der Waals surface area contributed by atoms with E-state index in [0.29, 0.717) is 6.42 Å². The Morgan fingerprint density at radius 1 is 0.815 bits per heavy atom. The third-order valence-electron chi connectivity index (χ3n) is 3.56. The molecule has 27 heavy (non-hydrogen) atoms. The van der Waals surface area contributed by atoms with Crippen LogP contribution in [0.2, 0.25) is 0 Å². The van der Waals surface area contributed by atoms with Crippen molar-refractivity contribution in [2.45, 2.75) is 64.7 Å². The minimum atomic E-state index is -1.50. The first kappa shape index (κ1) is 24.3.